The van der Waals surface area contributed by atoms with Crippen molar-refractivity contribution in [2.45, 2.75) is 26.3 Å². The summed E-state index contributed by atoms with van der Waals surface area (Å²) in [7, 11) is 0. The number of nitrogens with zero attached hydrogens (tertiary/aromatic N) is 1. The Labute approximate surface area is 95.1 Å². The van der Waals surface area contributed by atoms with Crippen LogP contribution in [0, 0.1) is 5.92 Å². The van der Waals surface area contributed by atoms with Gasteiger partial charge in [-0.2, -0.15) is 0 Å². The minimum atomic E-state index is -0.477. The van der Waals surface area contributed by atoms with Gasteiger partial charge >= 0.3 is 0 Å². The predicted octanol–water partition coefficient (Wildman–Crippen LogP) is 2.57. The maximum atomic E-state index is 13.0. The van der Waals surface area contributed by atoms with Crippen molar-refractivity contribution in [1.29, 1.82) is 0 Å². The molecule has 3 heteroatoms. The molecule has 1 aliphatic rings. The molecule has 2 nitrogen and oxygen atoms in total. The van der Waals surface area contributed by atoms with Gasteiger partial charge < -0.3 is 4.90 Å². The molecule has 16 heavy (non-hydrogen) atoms. The van der Waals surface area contributed by atoms with E-state index in [9.17, 15) is 9.18 Å². The highest BCUT2D eigenvalue weighted by Crippen LogP contribution is 2.33. The number of benzene rings is 1. The summed E-state index contributed by atoms with van der Waals surface area (Å²) >= 11 is 0. The first-order valence-electron chi connectivity index (χ1n) is 5.58. The second-order valence-electron chi connectivity index (χ2n) is 4.42. The van der Waals surface area contributed by atoms with E-state index in [4.69, 9.17) is 0 Å². The smallest absolute Gasteiger partial charge is 0.224 e. The van der Waals surface area contributed by atoms with Gasteiger partial charge in [0.1, 0.15) is 6.67 Å². The molecule has 2 rings (SSSR count). The van der Waals surface area contributed by atoms with Crippen LogP contribution in [-0.2, 0) is 11.2 Å². The first kappa shape index (κ1) is 11.1. The average Bonchev–Trinajstić information content (AvgIpc) is 2.26. The minimum Gasteiger partial charge on any atom is -0.306 e. The molecule has 0 radical (unpaired) electrons. The number of alkyl halides is 1. The van der Waals surface area contributed by atoms with E-state index in [1.165, 1.54) is 6.92 Å². The Morgan fingerprint density at radius 2 is 2.19 bits per heavy atom. The molecular weight excluding hydrogens is 205 g/mol. The van der Waals surface area contributed by atoms with Crippen LogP contribution in [0.2, 0.25) is 0 Å². The first-order valence-corrected chi connectivity index (χ1v) is 5.58. The van der Waals surface area contributed by atoms with Crippen LogP contribution in [0.3, 0.4) is 0 Å². The fourth-order valence-electron chi connectivity index (χ4n) is 2.46. The average molecular weight is 221 g/mol. The number of rotatable bonds is 1. The summed E-state index contributed by atoms with van der Waals surface area (Å²) in [4.78, 5) is 13.2. The Kier molecular flexibility index (Phi) is 2.95. The van der Waals surface area contributed by atoms with Gasteiger partial charge in [-0.1, -0.05) is 25.1 Å². The van der Waals surface area contributed by atoms with E-state index in [2.05, 4.69) is 0 Å². The molecule has 0 saturated heterocycles. The molecule has 0 fully saturated rings. The van der Waals surface area contributed by atoms with E-state index >= 15 is 0 Å². The molecule has 0 aromatic heterocycles. The lowest BCUT2D eigenvalue weighted by molar-refractivity contribution is -0.117. The highest BCUT2D eigenvalue weighted by atomic mass is 19.1. The van der Waals surface area contributed by atoms with E-state index in [1.54, 1.807) is 4.90 Å². The number of fused-ring (bicyclic) bond motifs is 1. The minimum absolute atomic E-state index is 0.0818. The number of amides is 1. The monoisotopic (exact) mass is 221 g/mol. The molecule has 0 aliphatic carbocycles. The molecule has 0 bridgehead atoms. The standard InChI is InChI=1S/C13H16FNO/c1-9-7-11-5-3-4-6-12(11)15(10(2)16)13(9)8-14/h3-6,9,13H,7-8H2,1-2H3/t9?,13-/m0/s1. The number of carbonyl (C=O) groups is 1. The molecule has 1 aromatic rings. The SMILES string of the molecule is CC(=O)N1c2ccccc2CC(C)[C@@H]1CF. The second kappa shape index (κ2) is 4.24. The van der Waals surface area contributed by atoms with Crippen LogP contribution in [0.1, 0.15) is 19.4 Å². The fourth-order valence-corrected chi connectivity index (χ4v) is 2.46. The molecule has 0 spiro atoms. The zero-order chi connectivity index (χ0) is 11.7. The summed E-state index contributed by atoms with van der Waals surface area (Å²) in [6, 6.07) is 7.44. The number of para-hydroxylation sites is 1. The number of anilines is 1. The van der Waals surface area contributed by atoms with Gasteiger partial charge in [0.05, 0.1) is 6.04 Å². The summed E-state index contributed by atoms with van der Waals surface area (Å²) in [5.41, 5.74) is 2.01. The molecule has 1 unspecified atom stereocenters. The van der Waals surface area contributed by atoms with Crippen LogP contribution >= 0.6 is 0 Å². The van der Waals surface area contributed by atoms with Crippen LogP contribution in [0.5, 0.6) is 0 Å². The van der Waals surface area contributed by atoms with Gasteiger partial charge in [-0.3, -0.25) is 4.79 Å². The van der Waals surface area contributed by atoms with Crippen LogP contribution in [-0.4, -0.2) is 18.6 Å². The Morgan fingerprint density at radius 3 is 2.81 bits per heavy atom. The van der Waals surface area contributed by atoms with Gasteiger partial charge in [0.15, 0.2) is 0 Å². The molecule has 0 saturated carbocycles. The Hall–Kier alpha value is -1.38. The Bertz CT molecular complexity index is 405. The molecule has 1 heterocycles. The number of halogens is 1. The zero-order valence-electron chi connectivity index (χ0n) is 9.61. The lowest BCUT2D eigenvalue weighted by Gasteiger charge is -2.39. The van der Waals surface area contributed by atoms with E-state index in [0.717, 1.165) is 17.7 Å². The highest BCUT2D eigenvalue weighted by Gasteiger charge is 2.33. The van der Waals surface area contributed by atoms with Gasteiger partial charge in [0.2, 0.25) is 5.91 Å². The lowest BCUT2D eigenvalue weighted by Crippen LogP contribution is -2.48. The van der Waals surface area contributed by atoms with Crippen molar-refractivity contribution in [2.24, 2.45) is 5.92 Å². The van der Waals surface area contributed by atoms with Crippen molar-refractivity contribution in [3.05, 3.63) is 29.8 Å². The largest absolute Gasteiger partial charge is 0.306 e. The topological polar surface area (TPSA) is 20.3 Å². The van der Waals surface area contributed by atoms with Crippen molar-refractivity contribution in [3.8, 4) is 0 Å². The predicted molar refractivity (Wildman–Crippen MR) is 62.2 cm³/mol. The molecule has 1 aromatic carbocycles. The second-order valence-corrected chi connectivity index (χ2v) is 4.42. The molecule has 1 aliphatic heterocycles. The molecular formula is C13H16FNO. The number of hydrogen-bond donors (Lipinski definition) is 0. The van der Waals surface area contributed by atoms with E-state index in [-0.39, 0.29) is 17.9 Å². The summed E-state index contributed by atoms with van der Waals surface area (Å²) in [6.45, 7) is 3.02. The maximum absolute atomic E-state index is 13.0. The van der Waals surface area contributed by atoms with Crippen molar-refractivity contribution in [1.82, 2.24) is 0 Å². The molecule has 1 amide bonds. The fraction of sp³-hybridized carbons (Fsp3) is 0.462. The van der Waals surface area contributed by atoms with Gasteiger partial charge in [0.25, 0.3) is 0 Å². The molecule has 2 atom stereocenters. The van der Waals surface area contributed by atoms with Gasteiger partial charge in [-0.15, -0.1) is 0 Å². The van der Waals surface area contributed by atoms with Crippen molar-refractivity contribution in [3.63, 3.8) is 0 Å². The number of hydrogen-bond acceptors (Lipinski definition) is 1. The summed E-state index contributed by atoms with van der Waals surface area (Å²) in [6.07, 6.45) is 0.842. The van der Waals surface area contributed by atoms with Crippen molar-refractivity contribution >= 4 is 11.6 Å². The van der Waals surface area contributed by atoms with Crippen LogP contribution in [0.4, 0.5) is 10.1 Å². The van der Waals surface area contributed by atoms with Crippen molar-refractivity contribution < 1.29 is 9.18 Å². The first-order chi connectivity index (χ1) is 7.65. The van der Waals surface area contributed by atoms with Crippen LogP contribution in [0.25, 0.3) is 0 Å². The lowest BCUT2D eigenvalue weighted by atomic mass is 9.87. The normalized spacial score (nSPS) is 24.1. The van der Waals surface area contributed by atoms with E-state index in [0.29, 0.717) is 0 Å². The Balaban J connectivity index is 2.48. The Morgan fingerprint density at radius 1 is 1.50 bits per heavy atom. The molecule has 0 N–H and O–H groups in total. The zero-order valence-corrected chi connectivity index (χ0v) is 9.61. The van der Waals surface area contributed by atoms with Crippen LogP contribution in [0.15, 0.2) is 24.3 Å². The summed E-state index contributed by atoms with van der Waals surface area (Å²) in [5, 5.41) is 0. The van der Waals surface area contributed by atoms with Gasteiger partial charge in [0, 0.05) is 12.6 Å². The number of carbonyl (C=O) groups excluding carboxylic acids is 1. The maximum Gasteiger partial charge on any atom is 0.224 e. The summed E-state index contributed by atoms with van der Waals surface area (Å²) < 4.78 is 13.0. The summed E-state index contributed by atoms with van der Waals surface area (Å²) in [5.74, 6) is 0.0884. The third-order valence-electron chi connectivity index (χ3n) is 3.28. The van der Waals surface area contributed by atoms with Crippen LogP contribution < -0.4 is 4.90 Å². The molecule has 86 valence electrons. The third-order valence-corrected chi connectivity index (χ3v) is 3.28. The van der Waals surface area contributed by atoms with Crippen molar-refractivity contribution in [2.75, 3.05) is 11.6 Å². The van der Waals surface area contributed by atoms with Gasteiger partial charge in [-0.05, 0) is 24.0 Å². The quantitative estimate of drug-likeness (QED) is 0.713. The van der Waals surface area contributed by atoms with E-state index in [1.807, 2.05) is 31.2 Å². The van der Waals surface area contributed by atoms with E-state index < -0.39 is 6.67 Å². The third kappa shape index (κ3) is 1.70. The van der Waals surface area contributed by atoms with Gasteiger partial charge in [-0.25, -0.2) is 4.39 Å². The highest BCUT2D eigenvalue weighted by molar-refractivity contribution is 5.93.